The summed E-state index contributed by atoms with van der Waals surface area (Å²) in [6, 6.07) is 11.5. The topological polar surface area (TPSA) is 35.8 Å². The summed E-state index contributed by atoms with van der Waals surface area (Å²) < 4.78 is 0. The number of unbranched alkanes of at least 4 members (excludes halogenated alkanes) is 1. The third-order valence-electron chi connectivity index (χ3n) is 3.37. The Balaban J connectivity index is 2.62. The third kappa shape index (κ3) is 5.44. The van der Waals surface area contributed by atoms with Crippen LogP contribution in [0.15, 0.2) is 24.3 Å². The van der Waals surface area contributed by atoms with Crippen molar-refractivity contribution in [3.63, 3.8) is 0 Å². The van der Waals surface area contributed by atoms with Crippen LogP contribution in [-0.4, -0.2) is 6.54 Å². The molecule has 0 fully saturated rings. The van der Waals surface area contributed by atoms with E-state index in [1.165, 1.54) is 17.5 Å². The lowest BCUT2D eigenvalue weighted by Crippen LogP contribution is -2.26. The van der Waals surface area contributed by atoms with E-state index in [0.717, 1.165) is 19.4 Å². The molecule has 0 radical (unpaired) electrons. The maximum Gasteiger partial charge on any atom is 0.0622 e. The van der Waals surface area contributed by atoms with Gasteiger partial charge in [0.1, 0.15) is 0 Å². The molecule has 0 aliphatic rings. The zero-order valence-electron chi connectivity index (χ0n) is 12.4. The standard InChI is InChI=1S/C17H26N2/c1-4-7-15-8-10-16(11-9-15)17(14(2)3)19-13-6-5-12-18/h8-11,14,17,19H,4-7,13H2,1-3H3. The number of benzene rings is 1. The molecule has 1 aromatic carbocycles. The quantitative estimate of drug-likeness (QED) is 0.708. The van der Waals surface area contributed by atoms with E-state index < -0.39 is 0 Å². The Kier molecular flexibility index (Phi) is 7.22. The summed E-state index contributed by atoms with van der Waals surface area (Å²) in [5.74, 6) is 0.555. The summed E-state index contributed by atoms with van der Waals surface area (Å²) in [5, 5.41) is 12.1. The predicted molar refractivity (Wildman–Crippen MR) is 80.9 cm³/mol. The fraction of sp³-hybridized carbons (Fsp3) is 0.588. The van der Waals surface area contributed by atoms with Crippen molar-refractivity contribution in [2.75, 3.05) is 6.54 Å². The van der Waals surface area contributed by atoms with Crippen LogP contribution in [0.3, 0.4) is 0 Å². The largest absolute Gasteiger partial charge is 0.310 e. The minimum atomic E-state index is 0.384. The van der Waals surface area contributed by atoms with Crippen LogP contribution in [0.5, 0.6) is 0 Å². The van der Waals surface area contributed by atoms with E-state index in [1.807, 2.05) is 0 Å². The first kappa shape index (κ1) is 15.7. The molecule has 1 aromatic rings. The molecule has 2 heteroatoms. The van der Waals surface area contributed by atoms with Crippen molar-refractivity contribution in [3.8, 4) is 6.07 Å². The van der Waals surface area contributed by atoms with Gasteiger partial charge in [-0.25, -0.2) is 0 Å². The number of hydrogen-bond acceptors (Lipinski definition) is 2. The smallest absolute Gasteiger partial charge is 0.0622 e. The third-order valence-corrected chi connectivity index (χ3v) is 3.37. The van der Waals surface area contributed by atoms with Gasteiger partial charge in [0.15, 0.2) is 0 Å². The summed E-state index contributed by atoms with van der Waals surface area (Å²) in [7, 11) is 0. The molecule has 0 bridgehead atoms. The van der Waals surface area contributed by atoms with E-state index in [4.69, 9.17) is 5.26 Å². The average Bonchev–Trinajstić information content (AvgIpc) is 2.40. The van der Waals surface area contributed by atoms with Crippen LogP contribution in [0.2, 0.25) is 0 Å². The molecule has 0 heterocycles. The maximum atomic E-state index is 8.56. The monoisotopic (exact) mass is 258 g/mol. The zero-order chi connectivity index (χ0) is 14.1. The van der Waals surface area contributed by atoms with Gasteiger partial charge in [-0.2, -0.15) is 5.26 Å². The van der Waals surface area contributed by atoms with Gasteiger partial charge in [-0.3, -0.25) is 0 Å². The maximum absolute atomic E-state index is 8.56. The van der Waals surface area contributed by atoms with Crippen LogP contribution in [0.25, 0.3) is 0 Å². The summed E-state index contributed by atoms with van der Waals surface area (Å²) >= 11 is 0. The molecular formula is C17H26N2. The minimum absolute atomic E-state index is 0.384. The lowest BCUT2D eigenvalue weighted by molar-refractivity contribution is 0.410. The highest BCUT2D eigenvalue weighted by molar-refractivity contribution is 5.25. The van der Waals surface area contributed by atoms with E-state index in [-0.39, 0.29) is 0 Å². The number of hydrogen-bond donors (Lipinski definition) is 1. The van der Waals surface area contributed by atoms with Crippen molar-refractivity contribution in [3.05, 3.63) is 35.4 Å². The second-order valence-corrected chi connectivity index (χ2v) is 5.43. The Morgan fingerprint density at radius 1 is 1.21 bits per heavy atom. The molecule has 104 valence electrons. The van der Waals surface area contributed by atoms with Crippen molar-refractivity contribution >= 4 is 0 Å². The number of aryl methyl sites for hydroxylation is 1. The number of nitriles is 1. The van der Waals surface area contributed by atoms with Crippen molar-refractivity contribution in [1.82, 2.24) is 5.32 Å². The minimum Gasteiger partial charge on any atom is -0.310 e. The van der Waals surface area contributed by atoms with E-state index in [9.17, 15) is 0 Å². The first-order chi connectivity index (χ1) is 9.19. The second-order valence-electron chi connectivity index (χ2n) is 5.43. The molecule has 0 saturated heterocycles. The van der Waals surface area contributed by atoms with Gasteiger partial charge >= 0.3 is 0 Å². The Hall–Kier alpha value is -1.33. The van der Waals surface area contributed by atoms with Gasteiger partial charge < -0.3 is 5.32 Å². The molecule has 1 rings (SSSR count). The fourth-order valence-corrected chi connectivity index (χ4v) is 2.34. The Bertz CT molecular complexity index is 387. The molecule has 1 N–H and O–H groups in total. The van der Waals surface area contributed by atoms with E-state index in [1.54, 1.807) is 0 Å². The molecule has 0 spiro atoms. The van der Waals surface area contributed by atoms with Gasteiger partial charge in [0.25, 0.3) is 0 Å². The van der Waals surface area contributed by atoms with Crippen molar-refractivity contribution < 1.29 is 0 Å². The van der Waals surface area contributed by atoms with Crippen LogP contribution < -0.4 is 5.32 Å². The number of nitrogens with one attached hydrogen (secondary N) is 1. The molecule has 0 aliphatic carbocycles. The summed E-state index contributed by atoms with van der Waals surface area (Å²) in [6.07, 6.45) is 3.91. The summed E-state index contributed by atoms with van der Waals surface area (Å²) in [5.41, 5.74) is 2.77. The summed E-state index contributed by atoms with van der Waals surface area (Å²) in [4.78, 5) is 0. The molecule has 2 nitrogen and oxygen atoms in total. The van der Waals surface area contributed by atoms with Crippen LogP contribution >= 0.6 is 0 Å². The van der Waals surface area contributed by atoms with E-state index in [0.29, 0.717) is 18.4 Å². The normalized spacial score (nSPS) is 12.4. The predicted octanol–water partition coefficient (Wildman–Crippen LogP) is 4.23. The average molecular weight is 258 g/mol. The molecule has 0 aliphatic heterocycles. The highest BCUT2D eigenvalue weighted by Crippen LogP contribution is 2.22. The lowest BCUT2D eigenvalue weighted by Gasteiger charge is -2.23. The first-order valence-corrected chi connectivity index (χ1v) is 7.38. The van der Waals surface area contributed by atoms with Gasteiger partial charge in [-0.1, -0.05) is 51.5 Å². The lowest BCUT2D eigenvalue weighted by atomic mass is 9.94. The highest BCUT2D eigenvalue weighted by Gasteiger charge is 2.14. The van der Waals surface area contributed by atoms with Gasteiger partial charge in [0.05, 0.1) is 6.07 Å². The summed E-state index contributed by atoms with van der Waals surface area (Å²) in [6.45, 7) is 7.60. The van der Waals surface area contributed by atoms with Crippen molar-refractivity contribution in [2.24, 2.45) is 5.92 Å². The first-order valence-electron chi connectivity index (χ1n) is 7.38. The Labute approximate surface area is 117 Å². The Morgan fingerprint density at radius 2 is 1.89 bits per heavy atom. The van der Waals surface area contributed by atoms with Gasteiger partial charge in [-0.15, -0.1) is 0 Å². The molecule has 1 unspecified atom stereocenters. The Morgan fingerprint density at radius 3 is 2.42 bits per heavy atom. The molecular weight excluding hydrogens is 232 g/mol. The van der Waals surface area contributed by atoms with Crippen LogP contribution in [-0.2, 0) is 6.42 Å². The number of rotatable bonds is 8. The van der Waals surface area contributed by atoms with E-state index >= 15 is 0 Å². The SMILES string of the molecule is CCCc1ccc(C(NCCCC#N)C(C)C)cc1. The van der Waals surface area contributed by atoms with Crippen molar-refractivity contribution in [2.45, 2.75) is 52.5 Å². The fourth-order valence-electron chi connectivity index (χ4n) is 2.34. The number of nitrogens with zero attached hydrogens (tertiary/aromatic N) is 1. The van der Waals surface area contributed by atoms with Gasteiger partial charge in [0, 0.05) is 12.5 Å². The molecule has 0 amide bonds. The van der Waals surface area contributed by atoms with Crippen LogP contribution in [0.4, 0.5) is 0 Å². The molecule has 0 aromatic heterocycles. The van der Waals surface area contributed by atoms with Gasteiger partial charge in [0.2, 0.25) is 0 Å². The van der Waals surface area contributed by atoms with Crippen LogP contribution in [0.1, 0.15) is 57.2 Å². The van der Waals surface area contributed by atoms with Gasteiger partial charge in [-0.05, 0) is 36.4 Å². The molecule has 19 heavy (non-hydrogen) atoms. The van der Waals surface area contributed by atoms with Crippen LogP contribution in [0, 0.1) is 17.2 Å². The van der Waals surface area contributed by atoms with Crippen molar-refractivity contribution in [1.29, 1.82) is 5.26 Å². The zero-order valence-corrected chi connectivity index (χ0v) is 12.4. The molecule has 1 atom stereocenters. The highest BCUT2D eigenvalue weighted by atomic mass is 14.9. The molecule has 0 saturated carbocycles. The van der Waals surface area contributed by atoms with E-state index in [2.05, 4.69) is 56.4 Å². The second kappa shape index (κ2) is 8.72.